The maximum atomic E-state index is 13.8. The number of aliphatic hydroxyl groups is 1. The molecule has 1 aliphatic rings. The predicted molar refractivity (Wildman–Crippen MR) is 127 cm³/mol. The van der Waals surface area contributed by atoms with Crippen LogP contribution in [0.3, 0.4) is 0 Å². The van der Waals surface area contributed by atoms with Gasteiger partial charge in [0.1, 0.15) is 11.6 Å². The number of anilines is 1. The Morgan fingerprint density at radius 3 is 2.26 bits per heavy atom. The van der Waals surface area contributed by atoms with Crippen molar-refractivity contribution in [2.75, 3.05) is 19.1 Å². The van der Waals surface area contributed by atoms with Crippen LogP contribution in [-0.4, -0.2) is 31.0 Å². The largest absolute Gasteiger partial charge is 0.507 e. The van der Waals surface area contributed by atoms with Crippen molar-refractivity contribution in [1.82, 2.24) is 0 Å². The Labute approximate surface area is 200 Å². The molecule has 0 spiro atoms. The van der Waals surface area contributed by atoms with Crippen LogP contribution in [0.4, 0.5) is 10.1 Å². The fraction of sp³-hybridized carbons (Fsp3) is 0.154. The smallest absolute Gasteiger partial charge is 0.300 e. The zero-order valence-electron chi connectivity index (χ0n) is 18.6. The van der Waals surface area contributed by atoms with Crippen LogP contribution in [0.15, 0.2) is 66.2 Å². The molecular formula is C26H21ClFNO5. The topological polar surface area (TPSA) is 76.1 Å². The number of amides is 1. The molecule has 1 aliphatic heterocycles. The summed E-state index contributed by atoms with van der Waals surface area (Å²) in [6.45, 7) is 1.89. The molecule has 1 amide bonds. The lowest BCUT2D eigenvalue weighted by atomic mass is 9.94. The van der Waals surface area contributed by atoms with E-state index in [1.54, 1.807) is 42.5 Å². The van der Waals surface area contributed by atoms with Gasteiger partial charge in [-0.05, 0) is 42.8 Å². The summed E-state index contributed by atoms with van der Waals surface area (Å²) in [4.78, 5) is 27.6. The summed E-state index contributed by atoms with van der Waals surface area (Å²) < 4.78 is 24.5. The number of hydrogen-bond donors (Lipinski definition) is 1. The highest BCUT2D eigenvalue weighted by Gasteiger charge is 2.47. The number of halogens is 2. The molecular weight excluding hydrogens is 461 g/mol. The second-order valence-corrected chi connectivity index (χ2v) is 8.16. The SMILES string of the molecule is COc1ccc(C2/C(=C(\O)c3ccc(C)cc3)C(=O)C(=O)N2c2ccc(F)c(Cl)c2)cc1OC. The van der Waals surface area contributed by atoms with Crippen LogP contribution in [0.25, 0.3) is 5.76 Å². The molecule has 1 atom stereocenters. The van der Waals surface area contributed by atoms with Gasteiger partial charge in [0.05, 0.1) is 30.9 Å². The summed E-state index contributed by atoms with van der Waals surface area (Å²) in [6, 6.07) is 14.5. The van der Waals surface area contributed by atoms with Crippen molar-refractivity contribution in [2.45, 2.75) is 13.0 Å². The van der Waals surface area contributed by atoms with Crippen molar-refractivity contribution in [1.29, 1.82) is 0 Å². The Bertz CT molecular complexity index is 1320. The summed E-state index contributed by atoms with van der Waals surface area (Å²) >= 11 is 5.97. The lowest BCUT2D eigenvalue weighted by Gasteiger charge is -2.26. The Morgan fingerprint density at radius 2 is 1.65 bits per heavy atom. The molecule has 1 heterocycles. The molecule has 0 aromatic heterocycles. The average molecular weight is 482 g/mol. The summed E-state index contributed by atoms with van der Waals surface area (Å²) in [5, 5.41) is 11.0. The molecule has 0 bridgehead atoms. The minimum atomic E-state index is -1.03. The van der Waals surface area contributed by atoms with Gasteiger partial charge in [0.2, 0.25) is 0 Å². The number of Topliss-reactive ketones (excluding diaryl/α,β-unsaturated/α-hetero) is 1. The van der Waals surface area contributed by atoms with E-state index in [1.165, 1.54) is 31.3 Å². The highest BCUT2D eigenvalue weighted by Crippen LogP contribution is 2.44. The number of carbonyl (C=O) groups is 2. The quantitative estimate of drug-likeness (QED) is 0.299. The molecule has 8 heteroatoms. The van der Waals surface area contributed by atoms with Gasteiger partial charge in [-0.3, -0.25) is 14.5 Å². The fourth-order valence-electron chi connectivity index (χ4n) is 3.94. The first-order chi connectivity index (χ1) is 16.3. The van der Waals surface area contributed by atoms with Crippen LogP contribution in [0.2, 0.25) is 5.02 Å². The molecule has 3 aromatic rings. The lowest BCUT2D eigenvalue weighted by molar-refractivity contribution is -0.132. The number of carbonyl (C=O) groups excluding carboxylic acids is 2. The van der Waals surface area contributed by atoms with E-state index in [1.807, 2.05) is 6.92 Å². The minimum absolute atomic E-state index is 0.110. The molecule has 1 unspecified atom stereocenters. The number of aliphatic hydroxyl groups excluding tert-OH is 1. The van der Waals surface area contributed by atoms with Crippen molar-refractivity contribution >= 4 is 34.7 Å². The van der Waals surface area contributed by atoms with Crippen molar-refractivity contribution in [3.8, 4) is 11.5 Å². The number of rotatable bonds is 5. The highest BCUT2D eigenvalue weighted by atomic mass is 35.5. The van der Waals surface area contributed by atoms with Crippen molar-refractivity contribution in [3.05, 3.63) is 93.8 Å². The van der Waals surface area contributed by atoms with Crippen molar-refractivity contribution in [3.63, 3.8) is 0 Å². The maximum Gasteiger partial charge on any atom is 0.300 e. The second kappa shape index (κ2) is 9.19. The Morgan fingerprint density at radius 1 is 0.971 bits per heavy atom. The van der Waals surface area contributed by atoms with Crippen LogP contribution in [0.1, 0.15) is 22.7 Å². The second-order valence-electron chi connectivity index (χ2n) is 7.75. The van der Waals surface area contributed by atoms with Gasteiger partial charge in [-0.25, -0.2) is 4.39 Å². The van der Waals surface area contributed by atoms with Gasteiger partial charge in [0, 0.05) is 11.3 Å². The van der Waals surface area contributed by atoms with E-state index in [0.717, 1.165) is 11.6 Å². The monoisotopic (exact) mass is 481 g/mol. The number of benzene rings is 3. The number of ether oxygens (including phenoxy) is 2. The van der Waals surface area contributed by atoms with Gasteiger partial charge in [0.25, 0.3) is 11.7 Å². The van der Waals surface area contributed by atoms with E-state index in [4.69, 9.17) is 21.1 Å². The van der Waals surface area contributed by atoms with Gasteiger partial charge in [-0.1, -0.05) is 47.5 Å². The summed E-state index contributed by atoms with van der Waals surface area (Å²) in [5.74, 6) is -1.92. The minimum Gasteiger partial charge on any atom is -0.507 e. The molecule has 0 aliphatic carbocycles. The highest BCUT2D eigenvalue weighted by molar-refractivity contribution is 6.51. The predicted octanol–water partition coefficient (Wildman–Crippen LogP) is 5.43. The van der Waals surface area contributed by atoms with Crippen molar-refractivity contribution in [2.24, 2.45) is 0 Å². The molecule has 0 radical (unpaired) electrons. The summed E-state index contributed by atoms with van der Waals surface area (Å²) in [5.41, 5.74) is 1.92. The first-order valence-corrected chi connectivity index (χ1v) is 10.7. The molecule has 3 aromatic carbocycles. The molecule has 4 rings (SSSR count). The zero-order chi connectivity index (χ0) is 24.6. The Kier molecular flexibility index (Phi) is 6.30. The number of nitrogens with zero attached hydrogens (tertiary/aromatic N) is 1. The first-order valence-electron chi connectivity index (χ1n) is 10.3. The van der Waals surface area contributed by atoms with E-state index >= 15 is 0 Å². The molecule has 1 saturated heterocycles. The number of hydrogen-bond acceptors (Lipinski definition) is 5. The summed E-state index contributed by atoms with van der Waals surface area (Å²) in [6.07, 6.45) is 0. The molecule has 1 N–H and O–H groups in total. The van der Waals surface area contributed by atoms with Gasteiger partial charge in [-0.2, -0.15) is 0 Å². The van der Waals surface area contributed by atoms with E-state index in [2.05, 4.69) is 0 Å². The standard InChI is InChI=1S/C26H21ClFNO5/c1-14-4-6-15(7-5-14)24(30)22-23(16-8-11-20(33-2)21(12-16)34-3)29(26(32)25(22)31)17-9-10-19(28)18(27)13-17/h4-13,23,30H,1-3H3/b24-22+. The fourth-order valence-corrected chi connectivity index (χ4v) is 4.11. The molecule has 174 valence electrons. The van der Waals surface area contributed by atoms with Crippen LogP contribution in [0, 0.1) is 12.7 Å². The number of methoxy groups -OCH3 is 2. The van der Waals surface area contributed by atoms with Crippen LogP contribution >= 0.6 is 11.6 Å². The zero-order valence-corrected chi connectivity index (χ0v) is 19.4. The number of ketones is 1. The van der Waals surface area contributed by atoms with Crippen LogP contribution < -0.4 is 14.4 Å². The van der Waals surface area contributed by atoms with Gasteiger partial charge in [-0.15, -0.1) is 0 Å². The summed E-state index contributed by atoms with van der Waals surface area (Å²) in [7, 11) is 2.95. The Hall–Kier alpha value is -3.84. The third-order valence-electron chi connectivity index (χ3n) is 5.67. The van der Waals surface area contributed by atoms with Gasteiger partial charge >= 0.3 is 0 Å². The van der Waals surface area contributed by atoms with E-state index in [9.17, 15) is 19.1 Å². The molecule has 1 fully saturated rings. The van der Waals surface area contributed by atoms with E-state index in [-0.39, 0.29) is 22.0 Å². The van der Waals surface area contributed by atoms with E-state index in [0.29, 0.717) is 22.6 Å². The van der Waals surface area contributed by atoms with Crippen LogP contribution in [0.5, 0.6) is 11.5 Å². The Balaban J connectivity index is 1.97. The third-order valence-corrected chi connectivity index (χ3v) is 5.96. The normalized spacial score (nSPS) is 17.2. The molecule has 34 heavy (non-hydrogen) atoms. The molecule has 6 nitrogen and oxygen atoms in total. The molecule has 0 saturated carbocycles. The van der Waals surface area contributed by atoms with E-state index < -0.39 is 23.5 Å². The lowest BCUT2D eigenvalue weighted by Crippen LogP contribution is -2.29. The van der Waals surface area contributed by atoms with Crippen LogP contribution in [-0.2, 0) is 9.59 Å². The average Bonchev–Trinajstić information content (AvgIpc) is 3.10. The maximum absolute atomic E-state index is 13.8. The van der Waals surface area contributed by atoms with Crippen molar-refractivity contribution < 1.29 is 28.6 Å². The first kappa shape index (κ1) is 23.3. The number of aryl methyl sites for hydroxylation is 1. The van der Waals surface area contributed by atoms with Gasteiger partial charge < -0.3 is 14.6 Å². The third kappa shape index (κ3) is 3.99. The van der Waals surface area contributed by atoms with Gasteiger partial charge in [0.15, 0.2) is 11.5 Å².